The van der Waals surface area contributed by atoms with Crippen LogP contribution >= 0.6 is 0 Å². The molecule has 0 aliphatic heterocycles. The maximum Gasteiger partial charge on any atom is 0.314 e. The van der Waals surface area contributed by atoms with Gasteiger partial charge in [0.2, 0.25) is 0 Å². The van der Waals surface area contributed by atoms with Gasteiger partial charge in [0, 0.05) is 19.3 Å². The number of carbonyl (C=O) groups is 1. The Morgan fingerprint density at radius 1 is 1.36 bits per heavy atom. The second kappa shape index (κ2) is 7.12. The van der Waals surface area contributed by atoms with Gasteiger partial charge in [-0.3, -0.25) is 25.0 Å². The monoisotopic (exact) mass is 314 g/mol. The molecule has 0 spiro atoms. The number of rotatable bonds is 8. The molecule has 1 N–H and O–H groups in total. The number of hydrogen-bond donors (Lipinski definition) is 1. The predicted molar refractivity (Wildman–Crippen MR) is 75.1 cm³/mol. The lowest BCUT2D eigenvalue weighted by molar-refractivity contribution is -0.446. The Hall–Kier alpha value is -2.29. The first-order valence-corrected chi connectivity index (χ1v) is 6.78. The standard InChI is InChI=1S/C13H18N2O7/c1-3-5-22-6-4-10-11(15(20)21)7-9(14(18)19)8-13(10,2)12(16)17/h7-8,10H,3-6H2,1-2H3,(H,16,17). The molecule has 2 atom stereocenters. The number of nitrogens with zero attached hydrogens (tertiary/aromatic N) is 2. The first-order chi connectivity index (χ1) is 10.2. The zero-order valence-electron chi connectivity index (χ0n) is 12.4. The van der Waals surface area contributed by atoms with Gasteiger partial charge in [-0.05, 0) is 19.8 Å². The summed E-state index contributed by atoms with van der Waals surface area (Å²) in [6.45, 7) is 3.76. The van der Waals surface area contributed by atoms with Gasteiger partial charge in [0.1, 0.15) is 5.41 Å². The van der Waals surface area contributed by atoms with Gasteiger partial charge in [-0.15, -0.1) is 0 Å². The third-order valence-electron chi connectivity index (χ3n) is 3.61. The van der Waals surface area contributed by atoms with Crippen molar-refractivity contribution in [3.8, 4) is 0 Å². The fourth-order valence-electron chi connectivity index (χ4n) is 2.40. The molecule has 0 saturated carbocycles. The summed E-state index contributed by atoms with van der Waals surface area (Å²) in [5.74, 6) is -2.35. The van der Waals surface area contributed by atoms with E-state index in [4.69, 9.17) is 4.74 Å². The van der Waals surface area contributed by atoms with E-state index in [9.17, 15) is 30.1 Å². The number of aliphatic carboxylic acids is 1. The van der Waals surface area contributed by atoms with Gasteiger partial charge in [-0.25, -0.2) is 0 Å². The number of ether oxygens (including phenoxy) is 1. The molecule has 1 rings (SSSR count). The second-order valence-corrected chi connectivity index (χ2v) is 5.19. The number of carboxylic acid groups (broad SMARTS) is 1. The van der Waals surface area contributed by atoms with Crippen molar-refractivity contribution in [2.24, 2.45) is 11.3 Å². The van der Waals surface area contributed by atoms with Crippen molar-refractivity contribution in [3.63, 3.8) is 0 Å². The maximum atomic E-state index is 11.6. The summed E-state index contributed by atoms with van der Waals surface area (Å²) in [5, 5.41) is 31.5. The van der Waals surface area contributed by atoms with Gasteiger partial charge < -0.3 is 9.84 Å². The summed E-state index contributed by atoms with van der Waals surface area (Å²) in [7, 11) is 0. The van der Waals surface area contributed by atoms with Crippen molar-refractivity contribution < 1.29 is 24.5 Å². The van der Waals surface area contributed by atoms with Gasteiger partial charge in [-0.2, -0.15) is 0 Å². The van der Waals surface area contributed by atoms with Crippen LogP contribution in [0.15, 0.2) is 23.5 Å². The Labute approximate surface area is 126 Å². The van der Waals surface area contributed by atoms with Crippen LogP contribution in [0.4, 0.5) is 0 Å². The molecule has 0 bridgehead atoms. The molecular formula is C13H18N2O7. The normalized spacial score (nSPS) is 24.4. The van der Waals surface area contributed by atoms with Crippen LogP contribution < -0.4 is 0 Å². The van der Waals surface area contributed by atoms with Gasteiger partial charge >= 0.3 is 5.97 Å². The molecule has 0 aromatic heterocycles. The molecule has 22 heavy (non-hydrogen) atoms. The minimum atomic E-state index is -1.73. The molecule has 0 aromatic rings. The van der Waals surface area contributed by atoms with E-state index in [0.29, 0.717) is 6.61 Å². The molecule has 2 unspecified atom stereocenters. The number of carboxylic acids is 1. The predicted octanol–water partition coefficient (Wildman–Crippen LogP) is 1.84. The molecule has 9 heteroatoms. The molecule has 0 aromatic carbocycles. The summed E-state index contributed by atoms with van der Waals surface area (Å²) < 4.78 is 5.26. The van der Waals surface area contributed by atoms with Gasteiger partial charge in [0.05, 0.1) is 21.8 Å². The van der Waals surface area contributed by atoms with Crippen molar-refractivity contribution in [2.75, 3.05) is 13.2 Å². The molecule has 9 nitrogen and oxygen atoms in total. The van der Waals surface area contributed by atoms with Crippen LogP contribution in [0, 0.1) is 31.6 Å². The first-order valence-electron chi connectivity index (χ1n) is 6.78. The quantitative estimate of drug-likeness (QED) is 0.410. The molecule has 0 saturated heterocycles. The number of nitro groups is 2. The Morgan fingerprint density at radius 2 is 2.00 bits per heavy atom. The summed E-state index contributed by atoms with van der Waals surface area (Å²) in [6.07, 6.45) is 2.66. The maximum absolute atomic E-state index is 11.6. The van der Waals surface area contributed by atoms with Crippen LogP contribution in [0.5, 0.6) is 0 Å². The van der Waals surface area contributed by atoms with E-state index in [2.05, 4.69) is 0 Å². The highest BCUT2D eigenvalue weighted by atomic mass is 16.6. The van der Waals surface area contributed by atoms with E-state index >= 15 is 0 Å². The summed E-state index contributed by atoms with van der Waals surface area (Å²) >= 11 is 0. The van der Waals surface area contributed by atoms with Crippen LogP contribution in [0.25, 0.3) is 0 Å². The van der Waals surface area contributed by atoms with Crippen LogP contribution in [-0.2, 0) is 9.53 Å². The fourth-order valence-corrected chi connectivity index (χ4v) is 2.40. The lowest BCUT2D eigenvalue weighted by Gasteiger charge is -2.30. The van der Waals surface area contributed by atoms with E-state index in [0.717, 1.165) is 18.6 Å². The highest BCUT2D eigenvalue weighted by Crippen LogP contribution is 2.42. The highest BCUT2D eigenvalue weighted by molar-refractivity contribution is 5.78. The van der Waals surface area contributed by atoms with E-state index in [1.807, 2.05) is 6.92 Å². The molecule has 1 aliphatic rings. The molecule has 0 heterocycles. The third kappa shape index (κ3) is 3.67. The van der Waals surface area contributed by atoms with E-state index < -0.39 is 38.5 Å². The van der Waals surface area contributed by atoms with E-state index in [-0.39, 0.29) is 13.0 Å². The minimum absolute atomic E-state index is 0.0944. The SMILES string of the molecule is CCCOCCC1C([N+](=O)[O-])=CC([N+](=O)[O-])=CC1(C)C(=O)O. The van der Waals surface area contributed by atoms with Crippen molar-refractivity contribution >= 4 is 5.97 Å². The lowest BCUT2D eigenvalue weighted by Crippen LogP contribution is -2.40. The fraction of sp³-hybridized carbons (Fsp3) is 0.615. The minimum Gasteiger partial charge on any atom is -0.481 e. The molecule has 0 radical (unpaired) electrons. The Kier molecular flexibility index (Phi) is 5.75. The van der Waals surface area contributed by atoms with Crippen LogP contribution in [0.3, 0.4) is 0 Å². The summed E-state index contributed by atoms with van der Waals surface area (Å²) in [6, 6.07) is 0. The molecule has 0 amide bonds. The first kappa shape index (κ1) is 17.8. The molecule has 0 fully saturated rings. The van der Waals surface area contributed by atoms with Crippen LogP contribution in [-0.4, -0.2) is 34.1 Å². The largest absolute Gasteiger partial charge is 0.481 e. The van der Waals surface area contributed by atoms with Gasteiger partial charge in [0.15, 0.2) is 0 Å². The number of hydrogen-bond acceptors (Lipinski definition) is 6. The highest BCUT2D eigenvalue weighted by Gasteiger charge is 2.50. The number of allylic oxidation sites excluding steroid dienone is 2. The van der Waals surface area contributed by atoms with E-state index in [1.54, 1.807) is 0 Å². The van der Waals surface area contributed by atoms with Gasteiger partial charge in [0.25, 0.3) is 11.4 Å². The zero-order valence-corrected chi connectivity index (χ0v) is 12.4. The van der Waals surface area contributed by atoms with Crippen molar-refractivity contribution in [1.29, 1.82) is 0 Å². The lowest BCUT2D eigenvalue weighted by atomic mass is 9.70. The smallest absolute Gasteiger partial charge is 0.314 e. The van der Waals surface area contributed by atoms with Crippen molar-refractivity contribution in [1.82, 2.24) is 0 Å². The topological polar surface area (TPSA) is 133 Å². The molecular weight excluding hydrogens is 296 g/mol. The molecule has 122 valence electrons. The van der Waals surface area contributed by atoms with Gasteiger partial charge in [-0.1, -0.05) is 6.92 Å². The van der Waals surface area contributed by atoms with Crippen LogP contribution in [0.2, 0.25) is 0 Å². The van der Waals surface area contributed by atoms with Crippen LogP contribution in [0.1, 0.15) is 26.7 Å². The Balaban J connectivity index is 3.18. The summed E-state index contributed by atoms with van der Waals surface area (Å²) in [5.41, 5.74) is -2.78. The zero-order chi connectivity index (χ0) is 16.9. The van der Waals surface area contributed by atoms with E-state index in [1.165, 1.54) is 6.92 Å². The summed E-state index contributed by atoms with van der Waals surface area (Å²) in [4.78, 5) is 32.0. The average Bonchev–Trinajstić information content (AvgIpc) is 2.43. The third-order valence-corrected chi connectivity index (χ3v) is 3.61. The Bertz CT molecular complexity index is 541. The molecule has 1 aliphatic carbocycles. The Morgan fingerprint density at radius 3 is 2.45 bits per heavy atom. The average molecular weight is 314 g/mol. The second-order valence-electron chi connectivity index (χ2n) is 5.19. The van der Waals surface area contributed by atoms with Crippen molar-refractivity contribution in [3.05, 3.63) is 43.8 Å². The van der Waals surface area contributed by atoms with Crippen molar-refractivity contribution in [2.45, 2.75) is 26.7 Å².